The molecule has 0 amide bonds. The van der Waals surface area contributed by atoms with Crippen LogP contribution in [-0.2, 0) is 11.3 Å². The van der Waals surface area contributed by atoms with Crippen LogP contribution in [0.15, 0.2) is 58.4 Å². The summed E-state index contributed by atoms with van der Waals surface area (Å²) in [6, 6.07) is 15.1. The van der Waals surface area contributed by atoms with Crippen LogP contribution in [0.5, 0.6) is 5.75 Å². The van der Waals surface area contributed by atoms with Crippen LogP contribution in [0.2, 0.25) is 0 Å². The minimum Gasteiger partial charge on any atom is -0.497 e. The fraction of sp³-hybridized carbons (Fsp3) is 0.208. The molecule has 166 valence electrons. The zero-order valence-corrected chi connectivity index (χ0v) is 18.6. The third-order valence-electron chi connectivity index (χ3n) is 5.54. The first-order valence-corrected chi connectivity index (χ1v) is 10.5. The first-order chi connectivity index (χ1) is 16.1. The highest BCUT2D eigenvalue weighted by atomic mass is 16.5. The number of hydrogen-bond acceptors (Lipinski definition) is 6. The molecule has 0 radical (unpaired) electrons. The molecule has 2 aromatic carbocycles. The third-order valence-corrected chi connectivity index (χ3v) is 5.54. The van der Waals surface area contributed by atoms with Crippen molar-refractivity contribution in [1.82, 2.24) is 19.2 Å². The van der Waals surface area contributed by atoms with E-state index in [0.29, 0.717) is 46.7 Å². The van der Waals surface area contributed by atoms with E-state index in [2.05, 4.69) is 10.1 Å². The number of para-hydroxylation sites is 2. The highest BCUT2D eigenvalue weighted by Gasteiger charge is 2.26. The van der Waals surface area contributed by atoms with Crippen LogP contribution in [0.25, 0.3) is 33.2 Å². The summed E-state index contributed by atoms with van der Waals surface area (Å²) < 4.78 is 13.8. The lowest BCUT2D eigenvalue weighted by molar-refractivity contribution is -0.368. The van der Waals surface area contributed by atoms with Crippen LogP contribution in [0, 0.1) is 6.92 Å². The van der Waals surface area contributed by atoms with Crippen molar-refractivity contribution in [3.63, 3.8) is 0 Å². The molecule has 9 heteroatoms. The lowest BCUT2D eigenvalue weighted by atomic mass is 10.2. The average Bonchev–Trinajstić information content (AvgIpc) is 3.13. The van der Waals surface area contributed by atoms with Crippen LogP contribution in [0.1, 0.15) is 11.4 Å². The maximum absolute atomic E-state index is 13.5. The van der Waals surface area contributed by atoms with Crippen LogP contribution in [0.4, 0.5) is 0 Å². The Morgan fingerprint density at radius 2 is 1.88 bits per heavy atom. The van der Waals surface area contributed by atoms with Crippen molar-refractivity contribution in [1.29, 1.82) is 0 Å². The maximum atomic E-state index is 13.5. The molecule has 0 fully saturated rings. The van der Waals surface area contributed by atoms with Gasteiger partial charge in [-0.15, -0.1) is 9.78 Å². The topological polar surface area (TPSA) is 97.7 Å². The molecule has 0 unspecified atom stereocenters. The van der Waals surface area contributed by atoms with E-state index in [4.69, 9.17) is 19.4 Å². The number of aryl methyl sites for hydroxylation is 1. The Kier molecular flexibility index (Phi) is 5.31. The largest absolute Gasteiger partial charge is 0.497 e. The van der Waals surface area contributed by atoms with E-state index in [9.17, 15) is 4.79 Å². The molecule has 5 aromatic rings. The normalized spacial score (nSPS) is 11.8. The minimum atomic E-state index is -0.164. The predicted molar refractivity (Wildman–Crippen MR) is 126 cm³/mol. The second-order valence-electron chi connectivity index (χ2n) is 7.60. The number of ether oxygens (including phenoxy) is 2. The molecule has 5 rings (SSSR count). The molecule has 3 aromatic heterocycles. The van der Waals surface area contributed by atoms with Gasteiger partial charge in [-0.3, -0.25) is 0 Å². The van der Waals surface area contributed by atoms with Crippen molar-refractivity contribution in [2.24, 2.45) is 5.10 Å². The van der Waals surface area contributed by atoms with E-state index in [1.54, 1.807) is 29.7 Å². The molecule has 0 aliphatic heterocycles. The molecule has 3 heterocycles. The number of benzene rings is 2. The number of hydrogen-bond donors (Lipinski definition) is 0. The number of rotatable bonds is 6. The first kappa shape index (κ1) is 20.8. The quantitative estimate of drug-likeness (QED) is 0.376. The van der Waals surface area contributed by atoms with E-state index in [1.807, 2.05) is 55.5 Å². The Hall–Kier alpha value is -4.11. The predicted octanol–water partition coefficient (Wildman–Crippen LogP) is 2.56. The molecule has 0 spiro atoms. The lowest BCUT2D eigenvalue weighted by Gasteiger charge is -2.04. The second-order valence-corrected chi connectivity index (χ2v) is 7.60. The number of fused-ring (bicyclic) bond motifs is 4. The zero-order valence-electron chi connectivity index (χ0n) is 18.6. The summed E-state index contributed by atoms with van der Waals surface area (Å²) in [6.45, 7) is 2.69. The second kappa shape index (κ2) is 8.44. The van der Waals surface area contributed by atoms with Crippen molar-refractivity contribution < 1.29 is 14.5 Å². The Labute approximate surface area is 188 Å². The molecule has 0 aliphatic carbocycles. The molecule has 0 aliphatic rings. The van der Waals surface area contributed by atoms with E-state index in [0.717, 1.165) is 16.8 Å². The van der Waals surface area contributed by atoms with Crippen LogP contribution in [0.3, 0.4) is 0 Å². The molecule has 33 heavy (non-hydrogen) atoms. The van der Waals surface area contributed by atoms with Crippen molar-refractivity contribution >= 4 is 39.4 Å². The van der Waals surface area contributed by atoms with Crippen LogP contribution in [-0.4, -0.2) is 46.3 Å². The smallest absolute Gasteiger partial charge is 0.323 e. The van der Waals surface area contributed by atoms with Gasteiger partial charge in [-0.05, 0) is 29.8 Å². The fourth-order valence-corrected chi connectivity index (χ4v) is 3.88. The summed E-state index contributed by atoms with van der Waals surface area (Å²) in [4.78, 5) is 26.4. The van der Waals surface area contributed by atoms with Crippen molar-refractivity contribution in [3.05, 3.63) is 70.3 Å². The van der Waals surface area contributed by atoms with Gasteiger partial charge in [-0.2, -0.15) is 0 Å². The highest BCUT2D eigenvalue weighted by molar-refractivity contribution is 6.03. The minimum absolute atomic E-state index is 0.164. The number of aromatic nitrogens is 5. The first-order valence-electron chi connectivity index (χ1n) is 10.5. The Balaban J connectivity index is 1.81. The van der Waals surface area contributed by atoms with E-state index in [-0.39, 0.29) is 5.56 Å². The summed E-state index contributed by atoms with van der Waals surface area (Å²) >= 11 is 0. The van der Waals surface area contributed by atoms with Gasteiger partial charge in [0.2, 0.25) is 11.5 Å². The van der Waals surface area contributed by atoms with E-state index < -0.39 is 0 Å². The van der Waals surface area contributed by atoms with Crippen molar-refractivity contribution in [3.8, 4) is 5.75 Å². The monoisotopic (exact) mass is 443 g/mol. The Morgan fingerprint density at radius 1 is 1.09 bits per heavy atom. The van der Waals surface area contributed by atoms with Gasteiger partial charge in [-0.25, -0.2) is 24.3 Å². The SMILES string of the molecule is COCCn1c(C)[nH+]c2c(c1=O)c1nc3ccccc3nc1n2N=Cc1cccc(OC)c1. The molecular weight excluding hydrogens is 420 g/mol. The van der Waals surface area contributed by atoms with Gasteiger partial charge in [0.1, 0.15) is 11.3 Å². The molecule has 0 saturated heterocycles. The van der Waals surface area contributed by atoms with Crippen molar-refractivity contribution in [2.45, 2.75) is 13.5 Å². The van der Waals surface area contributed by atoms with Gasteiger partial charge in [-0.1, -0.05) is 24.3 Å². The third kappa shape index (κ3) is 3.62. The van der Waals surface area contributed by atoms with Gasteiger partial charge in [0, 0.05) is 14.0 Å². The molecule has 0 saturated carbocycles. The number of aromatic amines is 1. The van der Waals surface area contributed by atoms with Crippen LogP contribution >= 0.6 is 0 Å². The van der Waals surface area contributed by atoms with Gasteiger partial charge in [0.05, 0.1) is 37.5 Å². The fourth-order valence-electron chi connectivity index (χ4n) is 3.88. The van der Waals surface area contributed by atoms with Gasteiger partial charge >= 0.3 is 5.56 Å². The number of nitrogens with zero attached hydrogens (tertiary/aromatic N) is 5. The zero-order chi connectivity index (χ0) is 22.9. The summed E-state index contributed by atoms with van der Waals surface area (Å²) in [6.07, 6.45) is 1.71. The molecule has 9 nitrogen and oxygen atoms in total. The summed E-state index contributed by atoms with van der Waals surface area (Å²) in [7, 11) is 3.23. The molecule has 0 bridgehead atoms. The average molecular weight is 443 g/mol. The van der Waals surface area contributed by atoms with Gasteiger partial charge in [0.15, 0.2) is 5.39 Å². The number of H-pyrrole nitrogens is 1. The van der Waals surface area contributed by atoms with Crippen molar-refractivity contribution in [2.75, 3.05) is 20.8 Å². The van der Waals surface area contributed by atoms with Gasteiger partial charge in [0.25, 0.3) is 5.65 Å². The summed E-state index contributed by atoms with van der Waals surface area (Å²) in [5.74, 6) is 1.42. The maximum Gasteiger partial charge on any atom is 0.323 e. The summed E-state index contributed by atoms with van der Waals surface area (Å²) in [5.41, 5.74) is 3.66. The summed E-state index contributed by atoms with van der Waals surface area (Å²) in [5, 5.41) is 5.12. The van der Waals surface area contributed by atoms with Crippen LogP contribution < -0.4 is 15.3 Å². The highest BCUT2D eigenvalue weighted by Crippen LogP contribution is 2.24. The van der Waals surface area contributed by atoms with Gasteiger partial charge < -0.3 is 9.47 Å². The molecule has 1 N–H and O–H groups in total. The number of methoxy groups -OCH3 is 2. The molecule has 0 atom stereocenters. The molecular formula is C24H23N6O3+. The Morgan fingerprint density at radius 3 is 2.64 bits per heavy atom. The lowest BCUT2D eigenvalue weighted by Crippen LogP contribution is -2.32. The van der Waals surface area contributed by atoms with E-state index in [1.165, 1.54) is 0 Å². The Bertz CT molecular complexity index is 1580. The standard InChI is InChI=1S/C24H22N6O3/c1-15-26-22-20(24(31)29(15)11-12-32-2)21-23(28-19-10-5-4-9-18(19)27-21)30(22)25-14-16-7-6-8-17(13-16)33-3/h4-10,13-14H,11-12H2,1-3H3/p+1. The number of nitrogens with one attached hydrogen (secondary N) is 1. The van der Waals surface area contributed by atoms with E-state index >= 15 is 0 Å².